The zero-order chi connectivity index (χ0) is 57.0. The van der Waals surface area contributed by atoms with Crippen LogP contribution < -0.4 is 4.89 Å². The second-order valence-electron chi connectivity index (χ2n) is 22.0. The van der Waals surface area contributed by atoms with Gasteiger partial charge in [0.25, 0.3) is 7.82 Å². The Balaban J connectivity index is 3.96. The van der Waals surface area contributed by atoms with E-state index in [1.54, 1.807) is 0 Å². The second kappa shape index (κ2) is 58.3. The molecule has 0 bridgehead atoms. The molecule has 0 amide bonds. The second-order valence-corrected chi connectivity index (χ2v) is 23.4. The molecule has 0 saturated carbocycles. The largest absolute Gasteiger partial charge is 0.756 e. The van der Waals surface area contributed by atoms with E-state index in [1.165, 1.54) is 128 Å². The van der Waals surface area contributed by atoms with Crippen LogP contribution in [0.2, 0.25) is 0 Å². The first-order chi connectivity index (χ1) is 38.0. The van der Waals surface area contributed by atoms with Crippen molar-refractivity contribution in [1.82, 2.24) is 0 Å². The van der Waals surface area contributed by atoms with Crippen LogP contribution in [0.1, 0.15) is 258 Å². The first kappa shape index (κ1) is 74.7. The van der Waals surface area contributed by atoms with Crippen molar-refractivity contribution in [3.63, 3.8) is 0 Å². The van der Waals surface area contributed by atoms with Gasteiger partial charge in [0.1, 0.15) is 19.8 Å². The maximum Gasteiger partial charge on any atom is 0.306 e. The van der Waals surface area contributed by atoms with E-state index in [0.29, 0.717) is 23.9 Å². The molecule has 0 saturated heterocycles. The number of hydrogen-bond donors (Lipinski definition) is 0. The predicted molar refractivity (Wildman–Crippen MR) is 332 cm³/mol. The number of likely N-dealkylation sites (N-methyl/N-ethyl adjacent to an activating group) is 1. The first-order valence-electron chi connectivity index (χ1n) is 31.6. The molecule has 2 unspecified atom stereocenters. The summed E-state index contributed by atoms with van der Waals surface area (Å²) in [5.74, 6) is -0.880. The molecule has 0 N–H and O–H groups in total. The molecule has 0 heterocycles. The monoisotopic (exact) mass is 1110 g/mol. The van der Waals surface area contributed by atoms with E-state index in [2.05, 4.69) is 123 Å². The lowest BCUT2D eigenvalue weighted by Gasteiger charge is -2.28. The number of allylic oxidation sites excluding steroid dienone is 18. The zero-order valence-corrected chi connectivity index (χ0v) is 51.7. The van der Waals surface area contributed by atoms with Gasteiger partial charge in [0.05, 0.1) is 27.7 Å². The molecule has 78 heavy (non-hydrogen) atoms. The van der Waals surface area contributed by atoms with Crippen LogP contribution in [0.4, 0.5) is 0 Å². The molecule has 0 aliphatic carbocycles. The van der Waals surface area contributed by atoms with Gasteiger partial charge in [-0.25, -0.2) is 0 Å². The van der Waals surface area contributed by atoms with Gasteiger partial charge in [0, 0.05) is 12.8 Å². The SMILES string of the molecule is CC/C=C\C/C=C\C/C=C\C/C=C\C/C=C\CCCCCCCCCCCCCCCCCCCCCCCCCC(=O)OC(COC(=O)CCCC/C=C\C/C=C\C/C=C\C/C=C\CC)COP(=O)([O-])OCC[N+](C)(C)C. The van der Waals surface area contributed by atoms with Crippen LogP contribution in [0, 0.1) is 0 Å². The van der Waals surface area contributed by atoms with Crippen LogP contribution >= 0.6 is 7.82 Å². The van der Waals surface area contributed by atoms with E-state index >= 15 is 0 Å². The number of quaternary nitrogens is 1. The third-order valence-corrected chi connectivity index (χ3v) is 14.3. The van der Waals surface area contributed by atoms with Crippen LogP contribution in [0.15, 0.2) is 109 Å². The summed E-state index contributed by atoms with van der Waals surface area (Å²) in [6.07, 6.45) is 81.8. The Morgan fingerprint density at radius 3 is 1.05 bits per heavy atom. The van der Waals surface area contributed by atoms with Gasteiger partial charge in [0.2, 0.25) is 0 Å². The van der Waals surface area contributed by atoms with Gasteiger partial charge in [-0.1, -0.05) is 258 Å². The van der Waals surface area contributed by atoms with Gasteiger partial charge in [-0.15, -0.1) is 0 Å². The highest BCUT2D eigenvalue weighted by Crippen LogP contribution is 2.38. The van der Waals surface area contributed by atoms with Crippen LogP contribution in [-0.4, -0.2) is 70.0 Å². The number of rotatable bonds is 57. The molecule has 2 atom stereocenters. The summed E-state index contributed by atoms with van der Waals surface area (Å²) in [6, 6.07) is 0. The van der Waals surface area contributed by atoms with Crippen molar-refractivity contribution in [3.8, 4) is 0 Å². The number of carbonyl (C=O) groups excluding carboxylic acids is 2. The van der Waals surface area contributed by atoms with Crippen molar-refractivity contribution < 1.29 is 42.1 Å². The van der Waals surface area contributed by atoms with Gasteiger partial charge in [-0.05, 0) is 96.3 Å². The van der Waals surface area contributed by atoms with Crippen molar-refractivity contribution >= 4 is 19.8 Å². The minimum atomic E-state index is -4.65. The lowest BCUT2D eigenvalue weighted by atomic mass is 10.0. The number of ether oxygens (including phenoxy) is 2. The summed E-state index contributed by atoms with van der Waals surface area (Å²) >= 11 is 0. The Bertz CT molecular complexity index is 1680. The highest BCUT2D eigenvalue weighted by molar-refractivity contribution is 7.45. The van der Waals surface area contributed by atoms with Crippen LogP contribution in [-0.2, 0) is 32.7 Å². The Morgan fingerprint density at radius 1 is 0.397 bits per heavy atom. The van der Waals surface area contributed by atoms with Gasteiger partial charge in [0.15, 0.2) is 6.10 Å². The molecule has 0 fully saturated rings. The molecule has 448 valence electrons. The number of esters is 2. The van der Waals surface area contributed by atoms with Crippen LogP contribution in [0.5, 0.6) is 0 Å². The molecule has 0 aromatic heterocycles. The number of carbonyl (C=O) groups is 2. The molecule has 0 radical (unpaired) electrons. The summed E-state index contributed by atoms with van der Waals surface area (Å²) < 4.78 is 34.1. The predicted octanol–water partition coefficient (Wildman–Crippen LogP) is 19.5. The zero-order valence-electron chi connectivity index (χ0n) is 50.8. The normalized spacial score (nSPS) is 14.0. The fourth-order valence-electron chi connectivity index (χ4n) is 8.50. The standard InChI is InChI=1S/C68H118NO8P/c1-6-8-10-12-14-16-18-20-22-23-24-25-26-27-28-29-30-31-32-33-34-35-36-37-38-39-40-41-42-43-44-45-47-49-51-53-55-57-59-61-68(71)77-66(65-76-78(72,73)75-63-62-69(3,4)5)64-74-67(70)60-58-56-54-52-50-48-46-21-19-17-15-13-11-9-7-2/h8-11,14-17,20-22,24-25,27-28,46,50,52,66H,6-7,12-13,18-19,23,26,29-45,47-49,51,53-65H2,1-5H3/b10-8-,11-9-,16-14-,17-15-,22-20-,25-24-,28-27-,46-21-,52-50-. The fourth-order valence-corrected chi connectivity index (χ4v) is 9.23. The van der Waals surface area contributed by atoms with E-state index in [0.717, 1.165) is 89.9 Å². The van der Waals surface area contributed by atoms with E-state index in [4.69, 9.17) is 18.5 Å². The molecule has 0 aliphatic rings. The van der Waals surface area contributed by atoms with Crippen LogP contribution in [0.25, 0.3) is 0 Å². The molecule has 0 aromatic carbocycles. The van der Waals surface area contributed by atoms with Crippen molar-refractivity contribution in [2.75, 3.05) is 47.5 Å². The fraction of sp³-hybridized carbons (Fsp3) is 0.706. The molecule has 0 spiro atoms. The van der Waals surface area contributed by atoms with E-state index in [1.807, 2.05) is 21.1 Å². The summed E-state index contributed by atoms with van der Waals surface area (Å²) in [6.45, 7) is 3.97. The highest BCUT2D eigenvalue weighted by Gasteiger charge is 2.22. The summed E-state index contributed by atoms with van der Waals surface area (Å²) in [5, 5.41) is 0. The maximum atomic E-state index is 12.8. The molecule has 10 heteroatoms. The minimum Gasteiger partial charge on any atom is -0.756 e. The van der Waals surface area contributed by atoms with Crippen molar-refractivity contribution in [3.05, 3.63) is 109 Å². The Kier molecular flexibility index (Phi) is 55.8. The molecular weight excluding hydrogens is 990 g/mol. The van der Waals surface area contributed by atoms with E-state index in [9.17, 15) is 19.0 Å². The molecule has 0 aliphatic heterocycles. The number of phosphoric acid groups is 1. The van der Waals surface area contributed by atoms with Gasteiger partial charge in [-0.2, -0.15) is 0 Å². The Labute approximate surface area is 480 Å². The van der Waals surface area contributed by atoms with Gasteiger partial charge < -0.3 is 27.9 Å². The average Bonchev–Trinajstić information content (AvgIpc) is 3.41. The lowest BCUT2D eigenvalue weighted by Crippen LogP contribution is -2.37. The third-order valence-electron chi connectivity index (χ3n) is 13.3. The molecule has 0 rings (SSSR count). The first-order valence-corrected chi connectivity index (χ1v) is 33.1. The summed E-state index contributed by atoms with van der Waals surface area (Å²) in [4.78, 5) is 37.8. The molecule has 9 nitrogen and oxygen atoms in total. The topological polar surface area (TPSA) is 111 Å². The maximum absolute atomic E-state index is 12.8. The van der Waals surface area contributed by atoms with Crippen molar-refractivity contribution in [2.45, 2.75) is 264 Å². The van der Waals surface area contributed by atoms with Crippen molar-refractivity contribution in [1.29, 1.82) is 0 Å². The van der Waals surface area contributed by atoms with Crippen LogP contribution in [0.3, 0.4) is 0 Å². The number of phosphoric ester groups is 1. The summed E-state index contributed by atoms with van der Waals surface area (Å²) in [5.41, 5.74) is 0. The molecule has 0 aromatic rings. The Morgan fingerprint density at radius 2 is 0.692 bits per heavy atom. The van der Waals surface area contributed by atoms with Gasteiger partial charge >= 0.3 is 11.9 Å². The Hall–Kier alpha value is -3.33. The van der Waals surface area contributed by atoms with Gasteiger partial charge in [-0.3, -0.25) is 14.2 Å². The lowest BCUT2D eigenvalue weighted by molar-refractivity contribution is -0.870. The minimum absolute atomic E-state index is 0.0404. The quantitative estimate of drug-likeness (QED) is 0.0195. The smallest absolute Gasteiger partial charge is 0.306 e. The average molecular weight is 1110 g/mol. The molecular formula is C68H118NO8P. The number of unbranched alkanes of at least 4 members (excludes halogenated alkanes) is 25. The van der Waals surface area contributed by atoms with Crippen molar-refractivity contribution in [2.24, 2.45) is 0 Å². The van der Waals surface area contributed by atoms with E-state index < -0.39 is 32.5 Å². The number of hydrogen-bond acceptors (Lipinski definition) is 8. The van der Waals surface area contributed by atoms with E-state index in [-0.39, 0.29) is 26.1 Å². The number of nitrogens with zero attached hydrogens (tertiary/aromatic N) is 1. The third kappa shape index (κ3) is 61.9. The summed E-state index contributed by atoms with van der Waals surface area (Å²) in [7, 11) is 1.14. The highest BCUT2D eigenvalue weighted by atomic mass is 31.2.